The number of hydrogen-bond donors (Lipinski definition) is 0. The molecule has 4 heteroatoms. The van der Waals surface area contributed by atoms with E-state index < -0.39 is 0 Å². The number of aryl methyl sites for hydroxylation is 1. The van der Waals surface area contributed by atoms with Crippen LogP contribution in [0.3, 0.4) is 0 Å². The molecule has 3 rings (SSSR count). The van der Waals surface area contributed by atoms with Crippen LogP contribution in [0.4, 0.5) is 0 Å². The van der Waals surface area contributed by atoms with Gasteiger partial charge >= 0.3 is 0 Å². The molecule has 0 amide bonds. The van der Waals surface area contributed by atoms with Crippen molar-refractivity contribution in [2.45, 2.75) is 13.5 Å². The third-order valence-corrected chi connectivity index (χ3v) is 3.37. The minimum absolute atomic E-state index is 0.401. The van der Waals surface area contributed by atoms with Gasteiger partial charge in [0.25, 0.3) is 0 Å². The summed E-state index contributed by atoms with van der Waals surface area (Å²) in [5.74, 6) is 0.841. The number of nitrogens with zero attached hydrogens (tertiary/aromatic N) is 1. The largest absolute Gasteiger partial charge is 0.487 e. The Balaban J connectivity index is 1.82. The molecule has 0 spiro atoms. The van der Waals surface area contributed by atoms with Crippen LogP contribution in [0.15, 0.2) is 51.5 Å². The number of fused-ring (bicyclic) bond motifs is 1. The summed E-state index contributed by atoms with van der Waals surface area (Å²) in [6.45, 7) is 2.44. The maximum absolute atomic E-state index is 5.74. The van der Waals surface area contributed by atoms with E-state index in [9.17, 15) is 0 Å². The Morgan fingerprint density at radius 2 is 2.11 bits per heavy atom. The van der Waals surface area contributed by atoms with E-state index in [-0.39, 0.29) is 0 Å². The summed E-state index contributed by atoms with van der Waals surface area (Å²) in [6.07, 6.45) is 0. The fourth-order valence-corrected chi connectivity index (χ4v) is 2.26. The van der Waals surface area contributed by atoms with Crippen molar-refractivity contribution in [3.8, 4) is 5.75 Å². The molecular weight excluding hydrogens is 306 g/mol. The molecule has 0 aliphatic heterocycles. The lowest BCUT2D eigenvalue weighted by Gasteiger charge is -2.04. The molecule has 3 aromatic rings. The number of rotatable bonds is 3. The first kappa shape index (κ1) is 12.2. The highest BCUT2D eigenvalue weighted by atomic mass is 79.9. The summed E-state index contributed by atoms with van der Waals surface area (Å²) in [4.78, 5) is 0. The van der Waals surface area contributed by atoms with E-state index in [1.165, 1.54) is 5.56 Å². The zero-order chi connectivity index (χ0) is 13.2. The first-order valence-corrected chi connectivity index (χ1v) is 6.75. The summed E-state index contributed by atoms with van der Waals surface area (Å²) in [6, 6.07) is 13.8. The highest BCUT2D eigenvalue weighted by Gasteiger charge is 2.09. The number of ether oxygens (including phenoxy) is 1. The first-order chi connectivity index (χ1) is 9.22. The average molecular weight is 318 g/mol. The molecule has 96 valence electrons. The zero-order valence-corrected chi connectivity index (χ0v) is 12.0. The van der Waals surface area contributed by atoms with Gasteiger partial charge in [0.1, 0.15) is 18.1 Å². The molecule has 3 nitrogen and oxygen atoms in total. The molecule has 0 N–H and O–H groups in total. The third kappa shape index (κ3) is 2.63. The molecule has 0 aliphatic rings. The lowest BCUT2D eigenvalue weighted by Crippen LogP contribution is -1.96. The van der Waals surface area contributed by atoms with Crippen LogP contribution in [0.2, 0.25) is 0 Å². The van der Waals surface area contributed by atoms with Gasteiger partial charge in [-0.1, -0.05) is 33.2 Å². The lowest BCUT2D eigenvalue weighted by atomic mass is 10.2. The van der Waals surface area contributed by atoms with Gasteiger partial charge < -0.3 is 9.26 Å². The minimum Gasteiger partial charge on any atom is -0.487 e. The van der Waals surface area contributed by atoms with Gasteiger partial charge in [-0.15, -0.1) is 0 Å². The van der Waals surface area contributed by atoms with E-state index >= 15 is 0 Å². The standard InChI is InChI=1S/C15H12BrNO2/c1-10-3-2-4-12(7-10)18-9-14-13-6-5-11(16)8-15(13)19-17-14/h2-8H,9H2,1H3. The molecule has 0 radical (unpaired) electrons. The summed E-state index contributed by atoms with van der Waals surface area (Å²) in [7, 11) is 0. The van der Waals surface area contributed by atoms with Crippen LogP contribution in [0.5, 0.6) is 5.75 Å². The molecule has 0 atom stereocenters. The molecule has 0 fully saturated rings. The van der Waals surface area contributed by atoms with Crippen molar-refractivity contribution >= 4 is 26.9 Å². The molecule has 1 aromatic heterocycles. The monoisotopic (exact) mass is 317 g/mol. The molecule has 0 aliphatic carbocycles. The maximum atomic E-state index is 5.74. The van der Waals surface area contributed by atoms with Crippen LogP contribution in [0, 0.1) is 6.92 Å². The van der Waals surface area contributed by atoms with Gasteiger partial charge in [0.05, 0.1) is 0 Å². The molecule has 1 heterocycles. The summed E-state index contributed by atoms with van der Waals surface area (Å²) in [5, 5.41) is 5.04. The normalized spacial score (nSPS) is 10.8. The van der Waals surface area contributed by atoms with Gasteiger partial charge in [-0.3, -0.25) is 0 Å². The van der Waals surface area contributed by atoms with Crippen LogP contribution in [-0.4, -0.2) is 5.16 Å². The molecule has 0 bridgehead atoms. The summed E-state index contributed by atoms with van der Waals surface area (Å²) >= 11 is 3.41. The Morgan fingerprint density at radius 1 is 1.21 bits per heavy atom. The van der Waals surface area contributed by atoms with E-state index in [1.807, 2.05) is 49.4 Å². The predicted molar refractivity (Wildman–Crippen MR) is 77.2 cm³/mol. The van der Waals surface area contributed by atoms with Crippen LogP contribution in [-0.2, 0) is 6.61 Å². The second-order valence-electron chi connectivity index (χ2n) is 4.37. The van der Waals surface area contributed by atoms with Crippen molar-refractivity contribution in [1.29, 1.82) is 0 Å². The van der Waals surface area contributed by atoms with Crippen LogP contribution < -0.4 is 4.74 Å². The second-order valence-corrected chi connectivity index (χ2v) is 5.29. The SMILES string of the molecule is Cc1cccc(OCc2noc3cc(Br)ccc23)c1. The predicted octanol–water partition coefficient (Wildman–Crippen LogP) is 4.48. The highest BCUT2D eigenvalue weighted by molar-refractivity contribution is 9.10. The molecule has 0 saturated carbocycles. The fourth-order valence-electron chi connectivity index (χ4n) is 1.92. The molecule has 2 aromatic carbocycles. The van der Waals surface area contributed by atoms with E-state index in [2.05, 4.69) is 21.1 Å². The average Bonchev–Trinajstić information content (AvgIpc) is 2.78. The number of halogens is 1. The van der Waals surface area contributed by atoms with Gasteiger partial charge in [0.15, 0.2) is 5.58 Å². The Kier molecular flexibility index (Phi) is 3.25. The van der Waals surface area contributed by atoms with Crippen molar-refractivity contribution < 1.29 is 9.26 Å². The number of hydrogen-bond acceptors (Lipinski definition) is 3. The lowest BCUT2D eigenvalue weighted by molar-refractivity contribution is 0.292. The molecule has 0 unspecified atom stereocenters. The summed E-state index contributed by atoms with van der Waals surface area (Å²) < 4.78 is 12.0. The smallest absolute Gasteiger partial charge is 0.168 e. The van der Waals surface area contributed by atoms with E-state index in [4.69, 9.17) is 9.26 Å². The fraction of sp³-hybridized carbons (Fsp3) is 0.133. The molecule has 0 saturated heterocycles. The quantitative estimate of drug-likeness (QED) is 0.714. The Morgan fingerprint density at radius 3 is 2.95 bits per heavy atom. The van der Waals surface area contributed by atoms with Crippen molar-refractivity contribution in [1.82, 2.24) is 5.16 Å². The second kappa shape index (κ2) is 5.05. The van der Waals surface area contributed by atoms with E-state index in [0.717, 1.165) is 26.9 Å². The van der Waals surface area contributed by atoms with Gasteiger partial charge in [0.2, 0.25) is 0 Å². The minimum atomic E-state index is 0.401. The highest BCUT2D eigenvalue weighted by Crippen LogP contribution is 2.24. The number of benzene rings is 2. The van der Waals surface area contributed by atoms with Crippen LogP contribution in [0.1, 0.15) is 11.3 Å². The maximum Gasteiger partial charge on any atom is 0.168 e. The Labute approximate surface area is 119 Å². The first-order valence-electron chi connectivity index (χ1n) is 5.96. The van der Waals surface area contributed by atoms with Gasteiger partial charge in [-0.05, 0) is 42.8 Å². The Hall–Kier alpha value is -1.81. The van der Waals surface area contributed by atoms with Crippen LogP contribution in [0.25, 0.3) is 11.0 Å². The molecular formula is C15H12BrNO2. The molecule has 19 heavy (non-hydrogen) atoms. The number of aromatic nitrogens is 1. The van der Waals surface area contributed by atoms with Gasteiger partial charge in [-0.2, -0.15) is 0 Å². The zero-order valence-electron chi connectivity index (χ0n) is 10.4. The van der Waals surface area contributed by atoms with Crippen molar-refractivity contribution in [3.05, 3.63) is 58.2 Å². The van der Waals surface area contributed by atoms with Crippen molar-refractivity contribution in [3.63, 3.8) is 0 Å². The third-order valence-electron chi connectivity index (χ3n) is 2.87. The van der Waals surface area contributed by atoms with E-state index in [0.29, 0.717) is 6.61 Å². The van der Waals surface area contributed by atoms with Gasteiger partial charge in [0, 0.05) is 9.86 Å². The topological polar surface area (TPSA) is 35.3 Å². The Bertz CT molecular complexity index is 721. The van der Waals surface area contributed by atoms with Crippen molar-refractivity contribution in [2.75, 3.05) is 0 Å². The van der Waals surface area contributed by atoms with Gasteiger partial charge in [-0.25, -0.2) is 0 Å². The van der Waals surface area contributed by atoms with E-state index in [1.54, 1.807) is 0 Å². The summed E-state index contributed by atoms with van der Waals surface area (Å²) in [5.41, 5.74) is 2.74. The van der Waals surface area contributed by atoms with Crippen LogP contribution >= 0.6 is 15.9 Å². The van der Waals surface area contributed by atoms with Crippen molar-refractivity contribution in [2.24, 2.45) is 0 Å².